The molecule has 0 aliphatic carbocycles. The maximum atomic E-state index is 10.4. The maximum absolute atomic E-state index is 10.4. The van der Waals surface area contributed by atoms with Crippen LogP contribution in [-0.2, 0) is 0 Å². The van der Waals surface area contributed by atoms with E-state index in [0.717, 1.165) is 82.8 Å². The fraction of sp³-hybridized carbons (Fsp3) is 0. The Morgan fingerprint density at radius 1 is 0.388 bits per heavy atom. The van der Waals surface area contributed by atoms with Crippen molar-refractivity contribution in [2.75, 3.05) is 0 Å². The van der Waals surface area contributed by atoms with E-state index in [0.29, 0.717) is 39.7 Å². The molecule has 0 aliphatic rings. The first-order valence-corrected chi connectivity index (χ1v) is 25.1. The summed E-state index contributed by atoms with van der Waals surface area (Å²) >= 11 is 0. The monoisotopic (exact) mass is 1020 g/mol. The highest BCUT2D eigenvalue weighted by Gasteiger charge is 2.25. The van der Waals surface area contributed by atoms with Gasteiger partial charge in [-0.25, -0.2) is 29.5 Å². The Morgan fingerprint density at radius 3 is 1.40 bits per heavy atom. The van der Waals surface area contributed by atoms with E-state index in [1.54, 1.807) is 6.20 Å². The van der Waals surface area contributed by atoms with Gasteiger partial charge in [0.1, 0.15) is 0 Å². The largest absolute Gasteiger partial charge is 0.309 e. The van der Waals surface area contributed by atoms with Gasteiger partial charge in [0.15, 0.2) is 34.5 Å². The van der Waals surface area contributed by atoms with Gasteiger partial charge in [0.25, 0.3) is 0 Å². The molecule has 12 nitrogen and oxygen atoms in total. The average molecular weight is 1020 g/mol. The van der Waals surface area contributed by atoms with Crippen LogP contribution in [0.2, 0.25) is 0 Å². The molecule has 13 rings (SSSR count). The lowest BCUT2D eigenvalue weighted by molar-refractivity contribution is 1.07. The molecule has 13 aromatic rings. The van der Waals surface area contributed by atoms with Gasteiger partial charge in [0, 0.05) is 72.9 Å². The fourth-order valence-corrected chi connectivity index (χ4v) is 10.9. The van der Waals surface area contributed by atoms with Gasteiger partial charge in [-0.15, -0.1) is 0 Å². The second-order valence-corrected chi connectivity index (χ2v) is 18.8. The Labute approximate surface area is 458 Å². The van der Waals surface area contributed by atoms with Crippen LogP contribution in [0.15, 0.2) is 207 Å². The Balaban J connectivity index is 1.08. The standard InChI is InChI=1S/C68H34N12/c1-72-49-32-47(38-70)64(48(33-49)39-71)44-23-26-61-53(34-44)51-19-11-13-21-59(51)80(61)63-36-46(68-77-66(42-14-6-4-7-15-42)76-67(78-68)43-16-8-5-9-17-43)22-25-52(63)55-40-75-29-28-62(55)79-58-20-12-10-18-50(58)54-35-45(24-27-60(54)79)65-56(73-2)30-41(37-69)31-57(65)74-3/h4-36,40H. The molecule has 0 aliphatic heterocycles. The zero-order chi connectivity index (χ0) is 54.4. The Kier molecular flexibility index (Phi) is 11.5. The van der Waals surface area contributed by atoms with Crippen LogP contribution in [0.3, 0.4) is 0 Å². The van der Waals surface area contributed by atoms with Crippen molar-refractivity contribution in [2.24, 2.45) is 0 Å². The van der Waals surface area contributed by atoms with Crippen LogP contribution in [0, 0.1) is 53.7 Å². The zero-order valence-electron chi connectivity index (χ0n) is 42.0. The van der Waals surface area contributed by atoms with E-state index in [1.165, 1.54) is 24.3 Å². The highest BCUT2D eigenvalue weighted by atomic mass is 15.0. The third-order valence-corrected chi connectivity index (χ3v) is 14.4. The lowest BCUT2D eigenvalue weighted by Gasteiger charge is -2.19. The maximum Gasteiger partial charge on any atom is 0.189 e. The molecule has 0 saturated carbocycles. The minimum Gasteiger partial charge on any atom is -0.309 e. The lowest BCUT2D eigenvalue weighted by atomic mass is 9.93. The van der Waals surface area contributed by atoms with Crippen molar-refractivity contribution in [1.29, 1.82) is 15.8 Å². The molecule has 0 unspecified atom stereocenters. The minimum atomic E-state index is 0.214. The minimum absolute atomic E-state index is 0.214. The lowest BCUT2D eigenvalue weighted by Crippen LogP contribution is -2.04. The van der Waals surface area contributed by atoms with Gasteiger partial charge in [-0.1, -0.05) is 121 Å². The molecule has 9 aromatic carbocycles. The van der Waals surface area contributed by atoms with Crippen LogP contribution in [-0.4, -0.2) is 29.1 Å². The number of hydrogen-bond acceptors (Lipinski definition) is 7. The van der Waals surface area contributed by atoms with Gasteiger partial charge >= 0.3 is 0 Å². The summed E-state index contributed by atoms with van der Waals surface area (Å²) in [6.45, 7) is 23.8. The first-order valence-electron chi connectivity index (χ1n) is 25.1. The topological polar surface area (TPSA) is 146 Å². The predicted octanol–water partition coefficient (Wildman–Crippen LogP) is 16.7. The molecule has 0 radical (unpaired) electrons. The Bertz CT molecular complexity index is 4900. The van der Waals surface area contributed by atoms with Gasteiger partial charge < -0.3 is 9.13 Å². The van der Waals surface area contributed by atoms with Gasteiger partial charge in [-0.2, -0.15) is 15.8 Å². The number of nitriles is 3. The molecule has 0 atom stereocenters. The van der Waals surface area contributed by atoms with E-state index < -0.39 is 0 Å². The first kappa shape index (κ1) is 47.4. The highest BCUT2D eigenvalue weighted by Crippen LogP contribution is 2.46. The van der Waals surface area contributed by atoms with Crippen LogP contribution in [0.25, 0.3) is 137 Å². The van der Waals surface area contributed by atoms with Crippen LogP contribution in [0.4, 0.5) is 17.1 Å². The van der Waals surface area contributed by atoms with Crippen LogP contribution in [0.5, 0.6) is 0 Å². The number of benzene rings is 9. The molecule has 4 aromatic heterocycles. The molecule has 0 saturated heterocycles. The molecular weight excluding hydrogens is 985 g/mol. The number of para-hydroxylation sites is 2. The number of rotatable bonds is 8. The molecule has 12 heteroatoms. The Morgan fingerprint density at radius 2 is 0.875 bits per heavy atom. The quantitative estimate of drug-likeness (QED) is 0.138. The van der Waals surface area contributed by atoms with Crippen molar-refractivity contribution in [3.8, 4) is 97.1 Å². The van der Waals surface area contributed by atoms with Gasteiger partial charge in [-0.3, -0.25) is 4.98 Å². The number of nitrogens with zero attached hydrogens (tertiary/aromatic N) is 12. The third-order valence-electron chi connectivity index (χ3n) is 14.4. The number of fused-ring (bicyclic) bond motifs is 6. The van der Waals surface area contributed by atoms with E-state index in [9.17, 15) is 15.8 Å². The number of aromatic nitrogens is 6. The summed E-state index contributed by atoms with van der Waals surface area (Å²) in [5.41, 5.74) is 12.8. The Hall–Kier alpha value is -12.3. The first-order chi connectivity index (χ1) is 39.4. The molecule has 366 valence electrons. The van der Waals surface area contributed by atoms with E-state index in [4.69, 9.17) is 39.7 Å². The average Bonchev–Trinajstić information content (AvgIpc) is 4.12. The summed E-state index contributed by atoms with van der Waals surface area (Å²) in [5, 5.41) is 34.1. The van der Waals surface area contributed by atoms with Crippen molar-refractivity contribution in [2.45, 2.75) is 0 Å². The normalized spacial score (nSPS) is 10.9. The molecule has 0 N–H and O–H groups in total. The van der Waals surface area contributed by atoms with Gasteiger partial charge in [0.05, 0.1) is 82.5 Å². The van der Waals surface area contributed by atoms with E-state index in [2.05, 4.69) is 78.3 Å². The molecule has 80 heavy (non-hydrogen) atoms. The summed E-state index contributed by atoms with van der Waals surface area (Å²) < 4.78 is 4.44. The van der Waals surface area contributed by atoms with Crippen molar-refractivity contribution in [3.05, 3.63) is 257 Å². The summed E-state index contributed by atoms with van der Waals surface area (Å²) in [6.07, 6.45) is 3.65. The van der Waals surface area contributed by atoms with Crippen molar-refractivity contribution in [1.82, 2.24) is 29.1 Å². The third kappa shape index (κ3) is 7.80. The van der Waals surface area contributed by atoms with Gasteiger partial charge in [0.2, 0.25) is 0 Å². The molecule has 0 fully saturated rings. The second-order valence-electron chi connectivity index (χ2n) is 18.8. The van der Waals surface area contributed by atoms with Crippen molar-refractivity contribution in [3.63, 3.8) is 0 Å². The van der Waals surface area contributed by atoms with Crippen LogP contribution < -0.4 is 0 Å². The van der Waals surface area contributed by atoms with E-state index in [-0.39, 0.29) is 33.8 Å². The zero-order valence-corrected chi connectivity index (χ0v) is 42.0. The van der Waals surface area contributed by atoms with E-state index >= 15 is 0 Å². The molecule has 0 bridgehead atoms. The fourth-order valence-electron chi connectivity index (χ4n) is 10.9. The second kappa shape index (κ2) is 19.4. The number of pyridine rings is 1. The predicted molar refractivity (Wildman–Crippen MR) is 312 cm³/mol. The smallest absolute Gasteiger partial charge is 0.189 e. The highest BCUT2D eigenvalue weighted by molar-refractivity contribution is 6.13. The van der Waals surface area contributed by atoms with E-state index in [1.807, 2.05) is 140 Å². The SMILES string of the molecule is [C-]#[N+]c1cc(C#N)c(-c2ccc3c(c2)c2ccccc2n3-c2cc(-c3nc(-c4ccccc4)nc(-c4ccccc4)n3)ccc2-c2cnccc2-n2c3ccccc3c3cc(-c4c([N+]#[C-])cc(C#N)cc4[N+]#[C-])ccc32)c(C#N)c1. The van der Waals surface area contributed by atoms with Crippen molar-refractivity contribution >= 4 is 60.7 Å². The molecule has 4 heterocycles. The van der Waals surface area contributed by atoms with Gasteiger partial charge in [-0.05, 0) is 89.5 Å². The van der Waals surface area contributed by atoms with Crippen LogP contribution in [0.1, 0.15) is 16.7 Å². The molecule has 0 spiro atoms. The molecule has 0 amide bonds. The summed E-state index contributed by atoms with van der Waals surface area (Å²) in [7, 11) is 0. The number of hydrogen-bond donors (Lipinski definition) is 0. The summed E-state index contributed by atoms with van der Waals surface area (Å²) in [4.78, 5) is 31.2. The summed E-state index contributed by atoms with van der Waals surface area (Å²) in [5.74, 6) is 1.49. The van der Waals surface area contributed by atoms with Crippen LogP contribution >= 0.6 is 0 Å². The molecular formula is C68H34N12. The van der Waals surface area contributed by atoms with Crippen molar-refractivity contribution < 1.29 is 0 Å². The summed E-state index contributed by atoms with van der Waals surface area (Å²) in [6, 6.07) is 68.7.